The number of para-hydroxylation sites is 2. The Balaban J connectivity index is 0.000000238. The summed E-state index contributed by atoms with van der Waals surface area (Å²) in [5.74, 6) is 2.14. The first-order valence-electron chi connectivity index (χ1n) is 23.4. The molecule has 2 aromatic carbocycles. The molecule has 0 unspecified atom stereocenters. The van der Waals surface area contributed by atoms with Crippen LogP contribution in [0, 0.1) is 20.4 Å². The highest BCUT2D eigenvalue weighted by atomic mass is 32.2. The van der Waals surface area contributed by atoms with Crippen LogP contribution in [0.25, 0.3) is 39.0 Å². The molecule has 23 nitrogen and oxygen atoms in total. The van der Waals surface area contributed by atoms with Crippen LogP contribution in [0.3, 0.4) is 0 Å². The Kier molecular flexibility index (Phi) is 19.1. The number of pyridine rings is 2. The van der Waals surface area contributed by atoms with Gasteiger partial charge in [-0.1, -0.05) is 26.0 Å². The van der Waals surface area contributed by atoms with Crippen LogP contribution in [0.5, 0.6) is 23.0 Å². The lowest BCUT2D eigenvalue weighted by Gasteiger charge is -2.20. The lowest BCUT2D eigenvalue weighted by molar-refractivity contribution is -0.191. The second-order valence-electron chi connectivity index (χ2n) is 17.3. The molecule has 0 aliphatic heterocycles. The van der Waals surface area contributed by atoms with Crippen LogP contribution in [-0.2, 0) is 40.8 Å². The minimum atomic E-state index is -3.77. The van der Waals surface area contributed by atoms with E-state index in [0.717, 1.165) is 11.1 Å². The van der Waals surface area contributed by atoms with E-state index in [1.807, 2.05) is 26.8 Å². The quantitative estimate of drug-likeness (QED) is 0.0776. The highest BCUT2D eigenvalue weighted by Crippen LogP contribution is 2.39. The number of nitrogens with zero attached hydrogens (tertiary/aromatic N) is 13. The molecule has 0 saturated carbocycles. The van der Waals surface area contributed by atoms with E-state index in [0.29, 0.717) is 74.5 Å². The maximum Gasteiger partial charge on any atom is 0.373 e. The minimum absolute atomic E-state index is 0.153. The molecule has 25 heteroatoms. The first kappa shape index (κ1) is 57.4. The molecule has 400 valence electrons. The van der Waals surface area contributed by atoms with Crippen molar-refractivity contribution in [3.05, 3.63) is 150 Å². The summed E-state index contributed by atoms with van der Waals surface area (Å²) in [7, 11) is -1.40. The second kappa shape index (κ2) is 25.6. The molecule has 77 heavy (non-hydrogen) atoms. The van der Waals surface area contributed by atoms with Crippen LogP contribution in [0.2, 0.25) is 0 Å². The second-order valence-corrected chi connectivity index (χ2v) is 22.0. The van der Waals surface area contributed by atoms with Crippen LogP contribution in [0.15, 0.2) is 104 Å². The topological polar surface area (TPSA) is 282 Å². The van der Waals surface area contributed by atoms with Crippen LogP contribution >= 0.6 is 0 Å². The van der Waals surface area contributed by atoms with Gasteiger partial charge in [0.25, 0.3) is 0 Å². The SMILES string of the molecule is COc1cccc(OC)c1-n1c(CS(=O)(=O)[C@@H](C)[C@H](C)c2ncc(C)cn2)nnc1-c1cccnc1.O=C=O.[C-]#[N+]c1cncc(-c2nnc(CS(=O)(=O)[C@@H](C)[C@H](C)c3ncc(C)cn3)n2-c2c(OC)cccc2OC)c1. The van der Waals surface area contributed by atoms with Crippen LogP contribution in [0.4, 0.5) is 5.69 Å². The molecule has 6 heterocycles. The van der Waals surface area contributed by atoms with Crippen molar-refractivity contribution in [2.24, 2.45) is 0 Å². The summed E-state index contributed by atoms with van der Waals surface area (Å²) >= 11 is 0. The third kappa shape index (κ3) is 13.2. The maximum absolute atomic E-state index is 13.7. The number of hydrogen-bond donors (Lipinski definition) is 0. The van der Waals surface area contributed by atoms with E-state index in [4.69, 9.17) is 35.1 Å². The molecular formula is C52H55N13O10S2. The highest BCUT2D eigenvalue weighted by molar-refractivity contribution is 7.91. The molecule has 0 spiro atoms. The molecule has 6 aromatic heterocycles. The van der Waals surface area contributed by atoms with Crippen molar-refractivity contribution in [3.63, 3.8) is 0 Å². The Morgan fingerprint density at radius 2 is 0.948 bits per heavy atom. The van der Waals surface area contributed by atoms with E-state index in [9.17, 15) is 16.8 Å². The molecule has 0 radical (unpaired) electrons. The van der Waals surface area contributed by atoms with Gasteiger partial charge in [0.2, 0.25) is 5.69 Å². The number of methoxy groups -OCH3 is 4. The number of aromatic nitrogens is 12. The van der Waals surface area contributed by atoms with Gasteiger partial charge in [0, 0.05) is 72.5 Å². The van der Waals surface area contributed by atoms with Gasteiger partial charge in [-0.3, -0.25) is 19.1 Å². The third-order valence-electron chi connectivity index (χ3n) is 12.4. The zero-order valence-corrected chi connectivity index (χ0v) is 45.4. The largest absolute Gasteiger partial charge is 0.494 e. The average molecular weight is 1090 g/mol. The van der Waals surface area contributed by atoms with Crippen LogP contribution < -0.4 is 18.9 Å². The van der Waals surface area contributed by atoms with Crippen molar-refractivity contribution in [1.82, 2.24) is 59.4 Å². The van der Waals surface area contributed by atoms with Gasteiger partial charge in [-0.05, 0) is 81.3 Å². The Labute approximate surface area is 445 Å². The molecular weight excluding hydrogens is 1030 g/mol. The molecule has 0 aliphatic rings. The number of carbonyl (C=O) groups excluding carboxylic acids is 2. The summed E-state index contributed by atoms with van der Waals surface area (Å²) < 4.78 is 80.2. The highest BCUT2D eigenvalue weighted by Gasteiger charge is 2.35. The minimum Gasteiger partial charge on any atom is -0.494 e. The first-order valence-corrected chi connectivity index (χ1v) is 26.8. The molecule has 0 fully saturated rings. The number of aryl methyl sites for hydroxylation is 2. The van der Waals surface area contributed by atoms with Gasteiger partial charge in [-0.2, -0.15) is 9.59 Å². The van der Waals surface area contributed by atoms with E-state index in [-0.39, 0.29) is 23.6 Å². The van der Waals surface area contributed by atoms with Crippen LogP contribution in [-0.4, -0.2) is 121 Å². The molecule has 0 amide bonds. The summed E-state index contributed by atoms with van der Waals surface area (Å²) in [5.41, 5.74) is 4.17. The van der Waals surface area contributed by atoms with E-state index in [1.165, 1.54) is 40.8 Å². The molecule has 0 bridgehead atoms. The average Bonchev–Trinajstić information content (AvgIpc) is 4.05. The molecule has 0 aliphatic carbocycles. The standard InChI is InChI=1S/C26H27N7O4S.C25H28N6O4S.CO2/c1-16-11-29-25(30-12-16)17(2)18(3)38(34,35)15-23-31-32-26(19-10-20(27-4)14-28-13-19)33(23)24-21(36-5)8-7-9-22(24)37-6;1-16-12-27-24(28-13-16)17(2)18(3)36(32,33)15-22-29-30-25(19-8-7-11-26-14-19)31(22)23-20(34-4)9-6-10-21(23)35-5;2-1-3/h7-14,17-18H,15H2,1-3,5-6H3;6-14,17-18H,15H2,1-5H3;/t2*17-,18-;/m00./s1. The van der Waals surface area contributed by atoms with Gasteiger partial charge >= 0.3 is 6.15 Å². The maximum atomic E-state index is 13.7. The van der Waals surface area contributed by atoms with Gasteiger partial charge in [0.1, 0.15) is 57.5 Å². The fourth-order valence-corrected chi connectivity index (χ4v) is 10.9. The molecule has 8 rings (SSSR count). The molecule has 0 N–H and O–H groups in total. The predicted molar refractivity (Wildman–Crippen MR) is 281 cm³/mol. The molecule has 0 saturated heterocycles. The lowest BCUT2D eigenvalue weighted by Crippen LogP contribution is -2.27. The Bertz CT molecular complexity index is 3560. The smallest absolute Gasteiger partial charge is 0.373 e. The monoisotopic (exact) mass is 1090 g/mol. The normalized spacial score (nSPS) is 12.7. The van der Waals surface area contributed by atoms with E-state index >= 15 is 0 Å². The summed E-state index contributed by atoms with van der Waals surface area (Å²) in [5, 5.41) is 15.6. The van der Waals surface area contributed by atoms with Gasteiger partial charge in [-0.25, -0.2) is 41.6 Å². The summed E-state index contributed by atoms with van der Waals surface area (Å²) in [6.07, 6.45) is 13.2. The van der Waals surface area contributed by atoms with Gasteiger partial charge in [0.05, 0.1) is 45.5 Å². The number of hydrogen-bond acceptors (Lipinski definition) is 20. The summed E-state index contributed by atoms with van der Waals surface area (Å²) in [4.78, 5) is 45.3. The molecule has 4 atom stereocenters. The first-order chi connectivity index (χ1) is 36.9. The zero-order valence-electron chi connectivity index (χ0n) is 43.8. The number of benzene rings is 2. The van der Waals surface area contributed by atoms with Crippen LogP contribution in [0.1, 0.15) is 74.0 Å². The van der Waals surface area contributed by atoms with E-state index in [2.05, 4.69) is 55.1 Å². The van der Waals surface area contributed by atoms with E-state index < -0.39 is 47.8 Å². The van der Waals surface area contributed by atoms with Gasteiger partial charge < -0.3 is 18.9 Å². The van der Waals surface area contributed by atoms with Crippen molar-refractivity contribution in [3.8, 4) is 57.1 Å². The Morgan fingerprint density at radius 3 is 1.31 bits per heavy atom. The zero-order chi connectivity index (χ0) is 56.0. The lowest BCUT2D eigenvalue weighted by atomic mass is 10.1. The number of rotatable bonds is 18. The number of sulfone groups is 2. The Morgan fingerprint density at radius 1 is 0.558 bits per heavy atom. The van der Waals surface area contributed by atoms with Crippen molar-refractivity contribution in [2.75, 3.05) is 28.4 Å². The summed E-state index contributed by atoms with van der Waals surface area (Å²) in [6, 6.07) is 15.7. The molecule has 8 aromatic rings. The van der Waals surface area contributed by atoms with Gasteiger partial charge in [-0.15, -0.1) is 20.4 Å². The predicted octanol–water partition coefficient (Wildman–Crippen LogP) is 7.07. The van der Waals surface area contributed by atoms with Gasteiger partial charge in [0.15, 0.2) is 43.0 Å². The fourth-order valence-electron chi connectivity index (χ4n) is 7.81. The Hall–Kier alpha value is -8.85. The van der Waals surface area contributed by atoms with Crippen molar-refractivity contribution in [2.45, 2.75) is 75.4 Å². The summed E-state index contributed by atoms with van der Waals surface area (Å²) in [6.45, 7) is 18.0. The number of ether oxygens (including phenoxy) is 4. The third-order valence-corrected chi connectivity index (χ3v) is 16.8. The fraction of sp³-hybridized carbons (Fsp3) is 0.308. The van der Waals surface area contributed by atoms with Crippen molar-refractivity contribution >= 4 is 31.5 Å². The van der Waals surface area contributed by atoms with E-state index in [1.54, 1.807) is 116 Å². The van der Waals surface area contributed by atoms with Crippen molar-refractivity contribution in [1.29, 1.82) is 0 Å². The van der Waals surface area contributed by atoms with Crippen molar-refractivity contribution < 1.29 is 45.4 Å².